The fourth-order valence-corrected chi connectivity index (χ4v) is 2.88. The van der Waals surface area contributed by atoms with E-state index in [0.717, 1.165) is 13.0 Å². The van der Waals surface area contributed by atoms with Crippen LogP contribution in [-0.2, 0) is 13.0 Å². The number of aromatic nitrogens is 2. The van der Waals surface area contributed by atoms with Gasteiger partial charge in [-0.3, -0.25) is 0 Å². The molecule has 0 aromatic carbocycles. The predicted molar refractivity (Wildman–Crippen MR) is 70.8 cm³/mol. The highest BCUT2D eigenvalue weighted by Crippen LogP contribution is 2.25. The molecule has 1 aromatic rings. The second-order valence-corrected chi connectivity index (χ2v) is 5.30. The van der Waals surface area contributed by atoms with Crippen LogP contribution in [0.4, 0.5) is 0 Å². The zero-order valence-corrected chi connectivity index (χ0v) is 10.9. The number of nitrogens with two attached hydrogens (primary N) is 1. The average molecular weight is 235 g/mol. The molecule has 0 aliphatic heterocycles. The fourth-order valence-electron chi connectivity index (χ4n) is 2.88. The molecule has 0 bridgehead atoms. The molecule has 1 aromatic heterocycles. The SMILES string of the molecule is CCCn1ccnc1CC1CCCCCC1N. The Hall–Kier alpha value is -0.830. The molecule has 1 fully saturated rings. The summed E-state index contributed by atoms with van der Waals surface area (Å²) < 4.78 is 2.29. The lowest BCUT2D eigenvalue weighted by Gasteiger charge is -2.21. The van der Waals surface area contributed by atoms with Gasteiger partial charge < -0.3 is 10.3 Å². The monoisotopic (exact) mass is 235 g/mol. The van der Waals surface area contributed by atoms with Gasteiger partial charge in [-0.1, -0.05) is 26.2 Å². The summed E-state index contributed by atoms with van der Waals surface area (Å²) in [5, 5.41) is 0. The Morgan fingerprint density at radius 2 is 2.18 bits per heavy atom. The molecule has 2 rings (SSSR count). The summed E-state index contributed by atoms with van der Waals surface area (Å²) in [6.07, 6.45) is 12.7. The second-order valence-electron chi connectivity index (χ2n) is 5.30. The van der Waals surface area contributed by atoms with Gasteiger partial charge in [0.15, 0.2) is 0 Å². The van der Waals surface area contributed by atoms with Crippen LogP contribution in [0.25, 0.3) is 0 Å². The Balaban J connectivity index is 2.00. The van der Waals surface area contributed by atoms with Gasteiger partial charge in [0.05, 0.1) is 0 Å². The van der Waals surface area contributed by atoms with Gasteiger partial charge in [0.25, 0.3) is 0 Å². The highest BCUT2D eigenvalue weighted by atomic mass is 15.1. The van der Waals surface area contributed by atoms with Crippen LogP contribution >= 0.6 is 0 Å². The maximum atomic E-state index is 6.28. The summed E-state index contributed by atoms with van der Waals surface area (Å²) in [6.45, 7) is 3.29. The van der Waals surface area contributed by atoms with Crippen LogP contribution < -0.4 is 5.73 Å². The first-order chi connectivity index (χ1) is 8.31. The smallest absolute Gasteiger partial charge is 0.108 e. The van der Waals surface area contributed by atoms with Crippen LogP contribution in [0.5, 0.6) is 0 Å². The largest absolute Gasteiger partial charge is 0.335 e. The number of rotatable bonds is 4. The lowest BCUT2D eigenvalue weighted by atomic mass is 9.92. The number of imidazole rings is 1. The van der Waals surface area contributed by atoms with Crippen LogP contribution in [0.3, 0.4) is 0 Å². The van der Waals surface area contributed by atoms with Crippen molar-refractivity contribution < 1.29 is 0 Å². The predicted octanol–water partition coefficient (Wildman–Crippen LogP) is 2.74. The number of hydrogen-bond donors (Lipinski definition) is 1. The van der Waals surface area contributed by atoms with Gasteiger partial charge in [0.2, 0.25) is 0 Å². The van der Waals surface area contributed by atoms with Gasteiger partial charge in [-0.25, -0.2) is 4.98 Å². The molecule has 96 valence electrons. The van der Waals surface area contributed by atoms with E-state index in [1.54, 1.807) is 0 Å². The molecule has 2 N–H and O–H groups in total. The van der Waals surface area contributed by atoms with Gasteiger partial charge in [-0.15, -0.1) is 0 Å². The van der Waals surface area contributed by atoms with E-state index in [4.69, 9.17) is 5.73 Å². The van der Waals surface area contributed by atoms with Gasteiger partial charge in [-0.05, 0) is 25.2 Å². The highest BCUT2D eigenvalue weighted by Gasteiger charge is 2.22. The molecule has 0 radical (unpaired) electrons. The molecule has 17 heavy (non-hydrogen) atoms. The summed E-state index contributed by atoms with van der Waals surface area (Å²) in [5.41, 5.74) is 6.28. The Morgan fingerprint density at radius 3 is 3.00 bits per heavy atom. The molecule has 3 heteroatoms. The molecule has 1 heterocycles. The molecule has 0 saturated heterocycles. The normalized spacial score (nSPS) is 25.8. The summed E-state index contributed by atoms with van der Waals surface area (Å²) >= 11 is 0. The van der Waals surface area contributed by atoms with Crippen molar-refractivity contribution in [1.82, 2.24) is 9.55 Å². The Morgan fingerprint density at radius 1 is 1.35 bits per heavy atom. The maximum Gasteiger partial charge on any atom is 0.108 e. The average Bonchev–Trinajstić information content (AvgIpc) is 2.64. The molecule has 0 amide bonds. The Kier molecular flexibility index (Phi) is 4.60. The third-order valence-electron chi connectivity index (χ3n) is 3.93. The Bertz CT molecular complexity index is 332. The molecule has 0 spiro atoms. The van der Waals surface area contributed by atoms with E-state index >= 15 is 0 Å². The van der Waals surface area contributed by atoms with Crippen molar-refractivity contribution in [2.24, 2.45) is 11.7 Å². The van der Waals surface area contributed by atoms with Crippen molar-refractivity contribution in [1.29, 1.82) is 0 Å². The minimum Gasteiger partial charge on any atom is -0.335 e. The van der Waals surface area contributed by atoms with Crippen LogP contribution in [-0.4, -0.2) is 15.6 Å². The van der Waals surface area contributed by atoms with E-state index in [9.17, 15) is 0 Å². The summed E-state index contributed by atoms with van der Waals surface area (Å²) in [7, 11) is 0. The molecule has 1 aliphatic carbocycles. The van der Waals surface area contributed by atoms with E-state index in [1.807, 2.05) is 6.20 Å². The van der Waals surface area contributed by atoms with E-state index in [-0.39, 0.29) is 0 Å². The second kappa shape index (κ2) is 6.20. The third-order valence-corrected chi connectivity index (χ3v) is 3.93. The van der Waals surface area contributed by atoms with Gasteiger partial charge in [0, 0.05) is 31.4 Å². The van der Waals surface area contributed by atoms with Crippen LogP contribution in [0.1, 0.15) is 51.3 Å². The third kappa shape index (κ3) is 3.32. The van der Waals surface area contributed by atoms with E-state index < -0.39 is 0 Å². The molecular formula is C14H25N3. The number of aryl methyl sites for hydroxylation is 1. The van der Waals surface area contributed by atoms with Crippen molar-refractivity contribution in [3.63, 3.8) is 0 Å². The maximum absolute atomic E-state index is 6.28. The van der Waals surface area contributed by atoms with Gasteiger partial charge in [-0.2, -0.15) is 0 Å². The summed E-state index contributed by atoms with van der Waals surface area (Å²) in [4.78, 5) is 4.50. The molecule has 1 saturated carbocycles. The number of hydrogen-bond acceptors (Lipinski definition) is 2. The topological polar surface area (TPSA) is 43.8 Å². The lowest BCUT2D eigenvalue weighted by molar-refractivity contribution is 0.382. The fraction of sp³-hybridized carbons (Fsp3) is 0.786. The molecule has 2 atom stereocenters. The first-order valence-electron chi connectivity index (χ1n) is 7.07. The van der Waals surface area contributed by atoms with Crippen molar-refractivity contribution in [3.05, 3.63) is 18.2 Å². The van der Waals surface area contributed by atoms with Crippen LogP contribution in [0.15, 0.2) is 12.4 Å². The molecular weight excluding hydrogens is 210 g/mol. The lowest BCUT2D eigenvalue weighted by Crippen LogP contribution is -2.31. The quantitative estimate of drug-likeness (QED) is 0.815. The Labute approximate surface area is 104 Å². The van der Waals surface area contributed by atoms with Crippen molar-refractivity contribution in [2.75, 3.05) is 0 Å². The summed E-state index contributed by atoms with van der Waals surface area (Å²) in [5.74, 6) is 1.87. The van der Waals surface area contributed by atoms with Crippen LogP contribution in [0, 0.1) is 5.92 Å². The first kappa shape index (κ1) is 12.6. The molecule has 2 unspecified atom stereocenters. The van der Waals surface area contributed by atoms with Gasteiger partial charge >= 0.3 is 0 Å². The first-order valence-corrected chi connectivity index (χ1v) is 7.07. The standard InChI is InChI=1S/C14H25N3/c1-2-9-17-10-8-16-14(17)11-12-6-4-3-5-7-13(12)15/h8,10,12-13H,2-7,9,11,15H2,1H3. The summed E-state index contributed by atoms with van der Waals surface area (Å²) in [6, 6.07) is 0.379. The zero-order valence-electron chi connectivity index (χ0n) is 10.9. The van der Waals surface area contributed by atoms with Crippen LogP contribution in [0.2, 0.25) is 0 Å². The van der Waals surface area contributed by atoms with Crippen molar-refractivity contribution in [2.45, 2.75) is 64.5 Å². The van der Waals surface area contributed by atoms with E-state index in [0.29, 0.717) is 12.0 Å². The van der Waals surface area contributed by atoms with E-state index in [2.05, 4.69) is 22.7 Å². The minimum absolute atomic E-state index is 0.379. The van der Waals surface area contributed by atoms with Crippen molar-refractivity contribution >= 4 is 0 Å². The van der Waals surface area contributed by atoms with Crippen molar-refractivity contribution in [3.8, 4) is 0 Å². The highest BCUT2D eigenvalue weighted by molar-refractivity contribution is 4.96. The van der Waals surface area contributed by atoms with Gasteiger partial charge in [0.1, 0.15) is 5.82 Å². The molecule has 3 nitrogen and oxygen atoms in total. The van der Waals surface area contributed by atoms with E-state index in [1.165, 1.54) is 44.3 Å². The number of nitrogens with zero attached hydrogens (tertiary/aromatic N) is 2. The molecule has 1 aliphatic rings. The minimum atomic E-state index is 0.379. The zero-order chi connectivity index (χ0) is 12.1.